The van der Waals surface area contributed by atoms with Gasteiger partial charge < -0.3 is 15.0 Å². The Morgan fingerprint density at radius 2 is 1.92 bits per heavy atom. The number of aromatic nitrogens is 2. The lowest BCUT2D eigenvalue weighted by Crippen LogP contribution is -2.43. The predicted octanol–water partition coefficient (Wildman–Crippen LogP) is 5.23. The lowest BCUT2D eigenvalue weighted by atomic mass is 9.89. The second-order valence-corrected chi connectivity index (χ2v) is 9.43. The van der Waals surface area contributed by atoms with Gasteiger partial charge in [-0.15, -0.1) is 11.3 Å². The summed E-state index contributed by atoms with van der Waals surface area (Å²) in [6, 6.07) is 5.93. The molecule has 3 aromatic rings. The van der Waals surface area contributed by atoms with Gasteiger partial charge in [-0.05, 0) is 44.5 Å². The van der Waals surface area contributed by atoms with Crippen molar-refractivity contribution in [1.82, 2.24) is 15.3 Å². The second kappa shape index (κ2) is 11.4. The molecule has 0 spiro atoms. The smallest absolute Gasteiger partial charge is 0.434 e. The van der Waals surface area contributed by atoms with Crippen LogP contribution in [0.1, 0.15) is 36.8 Å². The fraction of sp³-hybridized carbons (Fsp3) is 0.346. The minimum atomic E-state index is -4.62. The molecule has 13 heteroatoms. The van der Waals surface area contributed by atoms with Crippen molar-refractivity contribution in [3.8, 4) is 21.7 Å². The van der Waals surface area contributed by atoms with Crippen LogP contribution < -0.4 is 15.5 Å². The van der Waals surface area contributed by atoms with Crippen LogP contribution in [0.15, 0.2) is 35.8 Å². The average molecular weight is 562 g/mol. The number of hydrogen-bond acceptors (Lipinski definition) is 8. The third kappa shape index (κ3) is 5.87. The number of nitrogens with zero attached hydrogens (tertiary/aromatic N) is 3. The number of benzene rings is 1. The van der Waals surface area contributed by atoms with Crippen LogP contribution in [0.5, 0.6) is 0 Å². The molecule has 4 rings (SSSR count). The lowest BCUT2D eigenvalue weighted by molar-refractivity contribution is -0.146. The number of halogens is 3. The normalized spacial score (nSPS) is 15.1. The first-order chi connectivity index (χ1) is 18.6. The SMILES string of the molecule is CCNC(=O)Nc1cc(-c2nc(C(F)(F)F)cs2)c(-c2ccc3c(c2)N(CC)CC(C(=O)OCC)C3=O)cn1. The third-order valence-corrected chi connectivity index (χ3v) is 6.97. The fourth-order valence-electron chi connectivity index (χ4n) is 4.26. The van der Waals surface area contributed by atoms with Crippen LogP contribution in [-0.2, 0) is 15.7 Å². The van der Waals surface area contributed by atoms with Gasteiger partial charge in [0.15, 0.2) is 11.5 Å². The topological polar surface area (TPSA) is 114 Å². The molecule has 2 N–H and O–H groups in total. The van der Waals surface area contributed by atoms with Crippen molar-refractivity contribution in [3.05, 3.63) is 47.1 Å². The Morgan fingerprint density at radius 3 is 2.56 bits per heavy atom. The summed E-state index contributed by atoms with van der Waals surface area (Å²) in [6.07, 6.45) is -3.18. The molecule has 1 atom stereocenters. The Kier molecular flexibility index (Phi) is 8.19. The number of carbonyl (C=O) groups excluding carboxylic acids is 3. The maximum Gasteiger partial charge on any atom is 0.434 e. The van der Waals surface area contributed by atoms with Gasteiger partial charge in [0, 0.05) is 53.6 Å². The van der Waals surface area contributed by atoms with Crippen LogP contribution in [0.4, 0.5) is 29.5 Å². The van der Waals surface area contributed by atoms with Gasteiger partial charge in [0.1, 0.15) is 16.7 Å². The van der Waals surface area contributed by atoms with Crippen LogP contribution >= 0.6 is 11.3 Å². The van der Waals surface area contributed by atoms with E-state index in [2.05, 4.69) is 20.6 Å². The highest BCUT2D eigenvalue weighted by Crippen LogP contribution is 2.40. The number of amides is 2. The number of ether oxygens (including phenoxy) is 1. The molecule has 1 aliphatic heterocycles. The van der Waals surface area contributed by atoms with Gasteiger partial charge in [-0.2, -0.15) is 13.2 Å². The summed E-state index contributed by atoms with van der Waals surface area (Å²) in [6.45, 7) is 6.48. The Balaban J connectivity index is 1.80. The van der Waals surface area contributed by atoms with E-state index in [1.807, 2.05) is 11.8 Å². The molecule has 2 aromatic heterocycles. The first kappa shape index (κ1) is 28.0. The molecule has 0 aliphatic carbocycles. The summed E-state index contributed by atoms with van der Waals surface area (Å²) >= 11 is 0.815. The van der Waals surface area contributed by atoms with E-state index in [4.69, 9.17) is 4.74 Å². The van der Waals surface area contributed by atoms with Crippen molar-refractivity contribution in [3.63, 3.8) is 0 Å². The number of anilines is 2. The number of nitrogens with one attached hydrogen (secondary N) is 2. The molecule has 0 fully saturated rings. The van der Waals surface area contributed by atoms with Crippen molar-refractivity contribution in [2.75, 3.05) is 36.5 Å². The highest BCUT2D eigenvalue weighted by atomic mass is 32.1. The summed E-state index contributed by atoms with van der Waals surface area (Å²) < 4.78 is 45.0. The highest BCUT2D eigenvalue weighted by molar-refractivity contribution is 7.13. The highest BCUT2D eigenvalue weighted by Gasteiger charge is 2.37. The Morgan fingerprint density at radius 1 is 1.15 bits per heavy atom. The Labute approximate surface area is 226 Å². The van der Waals surface area contributed by atoms with Gasteiger partial charge in [-0.3, -0.25) is 14.9 Å². The monoisotopic (exact) mass is 561 g/mol. The number of alkyl halides is 3. The number of esters is 1. The van der Waals surface area contributed by atoms with Gasteiger partial charge in [0.2, 0.25) is 0 Å². The third-order valence-electron chi connectivity index (χ3n) is 6.10. The minimum absolute atomic E-state index is 0.0854. The number of carbonyl (C=O) groups is 3. The van der Waals surface area contributed by atoms with Crippen molar-refractivity contribution < 1.29 is 32.3 Å². The quantitative estimate of drug-likeness (QED) is 0.300. The van der Waals surface area contributed by atoms with Gasteiger partial charge in [-0.25, -0.2) is 14.8 Å². The zero-order chi connectivity index (χ0) is 28.3. The number of ketones is 1. The summed E-state index contributed by atoms with van der Waals surface area (Å²) in [5.74, 6) is -1.75. The molecule has 9 nitrogen and oxygen atoms in total. The number of hydrogen-bond donors (Lipinski definition) is 2. The van der Waals surface area contributed by atoms with Gasteiger partial charge in [-0.1, -0.05) is 6.07 Å². The number of thiazole rings is 1. The zero-order valence-electron chi connectivity index (χ0n) is 21.4. The summed E-state index contributed by atoms with van der Waals surface area (Å²) in [5, 5.41) is 6.15. The lowest BCUT2D eigenvalue weighted by Gasteiger charge is -2.33. The van der Waals surface area contributed by atoms with Crippen molar-refractivity contribution >= 4 is 40.6 Å². The van der Waals surface area contributed by atoms with Crippen LogP contribution in [0.3, 0.4) is 0 Å². The van der Waals surface area contributed by atoms with Gasteiger partial charge in [0.25, 0.3) is 0 Å². The molecular formula is C26H26F3N5O4S. The number of urea groups is 1. The van der Waals surface area contributed by atoms with E-state index in [1.165, 1.54) is 12.3 Å². The minimum Gasteiger partial charge on any atom is -0.465 e. The standard InChI is InChI=1S/C26H26F3N5O4S/c1-4-30-25(37)33-21-10-16(23-32-20(13-39-23)26(27,28)29)17(11-31-21)14-7-8-15-19(9-14)34(5-2)12-18(22(15)35)24(36)38-6-3/h7-11,13,18H,4-6,12H2,1-3H3,(H2,30,31,33,37). The Hall–Kier alpha value is -4.00. The van der Waals surface area contributed by atoms with Crippen LogP contribution in [-0.4, -0.2) is 54.0 Å². The van der Waals surface area contributed by atoms with Crippen molar-refractivity contribution in [2.24, 2.45) is 5.92 Å². The number of fused-ring (bicyclic) bond motifs is 1. The van der Waals surface area contributed by atoms with E-state index in [0.29, 0.717) is 41.0 Å². The number of rotatable bonds is 7. The van der Waals surface area contributed by atoms with Crippen molar-refractivity contribution in [1.29, 1.82) is 0 Å². The fourth-order valence-corrected chi connectivity index (χ4v) is 5.12. The molecule has 0 radical (unpaired) electrons. The molecule has 1 aliphatic rings. The molecular weight excluding hydrogens is 535 g/mol. The average Bonchev–Trinajstić information content (AvgIpc) is 3.40. The van der Waals surface area contributed by atoms with E-state index >= 15 is 0 Å². The molecule has 39 heavy (non-hydrogen) atoms. The summed E-state index contributed by atoms with van der Waals surface area (Å²) in [5.41, 5.74) is 1.27. The van der Waals surface area contributed by atoms with Crippen molar-refractivity contribution in [2.45, 2.75) is 26.9 Å². The molecule has 0 bridgehead atoms. The van der Waals surface area contributed by atoms with E-state index in [0.717, 1.165) is 16.7 Å². The number of Topliss-reactive ketones (excluding diaryl/α,β-unsaturated/α-hetero) is 1. The van der Waals surface area contributed by atoms with E-state index in [1.54, 1.807) is 32.0 Å². The zero-order valence-corrected chi connectivity index (χ0v) is 22.2. The number of pyridine rings is 1. The first-order valence-corrected chi connectivity index (χ1v) is 13.1. The summed E-state index contributed by atoms with van der Waals surface area (Å²) in [7, 11) is 0. The maximum atomic E-state index is 13.3. The van der Waals surface area contributed by atoms with Crippen LogP contribution in [0.2, 0.25) is 0 Å². The van der Waals surface area contributed by atoms with E-state index in [9.17, 15) is 27.6 Å². The van der Waals surface area contributed by atoms with E-state index < -0.39 is 29.8 Å². The Bertz CT molecular complexity index is 1410. The van der Waals surface area contributed by atoms with Crippen LogP contribution in [0.25, 0.3) is 21.7 Å². The first-order valence-electron chi connectivity index (χ1n) is 12.3. The molecule has 1 aromatic carbocycles. The molecule has 3 heterocycles. The molecule has 0 saturated carbocycles. The summed E-state index contributed by atoms with van der Waals surface area (Å²) in [4.78, 5) is 47.5. The van der Waals surface area contributed by atoms with Gasteiger partial charge in [0.05, 0.1) is 6.61 Å². The predicted molar refractivity (Wildman–Crippen MR) is 141 cm³/mol. The second-order valence-electron chi connectivity index (χ2n) is 8.57. The molecule has 2 amide bonds. The van der Waals surface area contributed by atoms with E-state index in [-0.39, 0.29) is 29.8 Å². The largest absolute Gasteiger partial charge is 0.465 e. The van der Waals surface area contributed by atoms with Crippen LogP contribution in [0, 0.1) is 5.92 Å². The molecule has 206 valence electrons. The molecule has 0 saturated heterocycles. The maximum absolute atomic E-state index is 13.3. The molecule has 1 unspecified atom stereocenters. The van der Waals surface area contributed by atoms with Gasteiger partial charge >= 0.3 is 18.2 Å².